The van der Waals surface area contributed by atoms with Crippen molar-refractivity contribution in [2.24, 2.45) is 10.2 Å². The summed E-state index contributed by atoms with van der Waals surface area (Å²) in [5.74, 6) is -0.578. The third kappa shape index (κ3) is 3.23. The molecule has 0 atom stereocenters. The third-order valence-corrected chi connectivity index (χ3v) is 4.03. The average molecular weight is 343 g/mol. The molecule has 0 aliphatic carbocycles. The van der Waals surface area contributed by atoms with Crippen LogP contribution in [0.15, 0.2) is 52.7 Å². The van der Waals surface area contributed by atoms with E-state index in [0.717, 1.165) is 16.8 Å². The Bertz CT molecular complexity index is 933. The van der Waals surface area contributed by atoms with Crippen LogP contribution < -0.4 is 5.32 Å². The second kappa shape index (κ2) is 6.72. The molecule has 3 aromatic rings. The highest BCUT2D eigenvalue weighted by molar-refractivity contribution is 6.31. The number of nitrogens with one attached hydrogen (secondary N) is 2. The molecule has 2 aromatic carbocycles. The number of fused-ring (bicyclic) bond motifs is 1. The number of azo groups is 1. The number of H-pyrrole nitrogens is 1. The van der Waals surface area contributed by atoms with Crippen LogP contribution in [0.5, 0.6) is 5.88 Å². The van der Waals surface area contributed by atoms with E-state index in [1.807, 2.05) is 25.1 Å². The van der Waals surface area contributed by atoms with Crippen LogP contribution in [-0.2, 0) is 4.79 Å². The lowest BCUT2D eigenvalue weighted by Gasteiger charge is -2.08. The minimum Gasteiger partial charge on any atom is -0.493 e. The van der Waals surface area contributed by atoms with Crippen molar-refractivity contribution in [3.63, 3.8) is 0 Å². The second-order valence-electron chi connectivity index (χ2n) is 5.23. The molecule has 0 spiro atoms. The van der Waals surface area contributed by atoms with Gasteiger partial charge in [0, 0.05) is 16.1 Å². The lowest BCUT2D eigenvalue weighted by atomic mass is 10.2. The lowest BCUT2D eigenvalue weighted by Crippen LogP contribution is -2.11. The van der Waals surface area contributed by atoms with Crippen LogP contribution in [0.4, 0.5) is 11.4 Å². The number of nitrogens with zero attached hydrogens (tertiary/aromatic N) is 2. The van der Waals surface area contributed by atoms with Crippen LogP contribution in [0, 0.1) is 6.92 Å². The molecule has 0 fully saturated rings. The summed E-state index contributed by atoms with van der Waals surface area (Å²) in [6, 6.07) is 12.7. The molecule has 122 valence electrons. The van der Waals surface area contributed by atoms with Gasteiger partial charge in [0.1, 0.15) is 0 Å². The van der Waals surface area contributed by atoms with E-state index >= 15 is 0 Å². The molecule has 0 aliphatic rings. The Morgan fingerprint density at radius 2 is 2.04 bits per heavy atom. The average Bonchev–Trinajstić information content (AvgIpc) is 2.89. The number of aromatic hydroxyl groups is 1. The number of hydrogen-bond donors (Lipinski definition) is 3. The maximum Gasteiger partial charge on any atom is 0.283 e. The quantitative estimate of drug-likeness (QED) is 0.607. The fourth-order valence-electron chi connectivity index (χ4n) is 2.33. The Hall–Kier alpha value is -2.86. The van der Waals surface area contributed by atoms with Gasteiger partial charge in [0.2, 0.25) is 5.88 Å². The minimum absolute atomic E-state index is 0.0200. The van der Waals surface area contributed by atoms with Crippen LogP contribution in [0.2, 0.25) is 5.02 Å². The first-order chi connectivity index (χ1) is 11.6. The Morgan fingerprint density at radius 1 is 1.25 bits per heavy atom. The molecule has 7 heteroatoms. The molecule has 0 bridgehead atoms. The van der Waals surface area contributed by atoms with E-state index in [2.05, 4.69) is 20.5 Å². The molecule has 0 saturated carbocycles. The van der Waals surface area contributed by atoms with Gasteiger partial charge in [-0.25, -0.2) is 0 Å². The van der Waals surface area contributed by atoms with Gasteiger partial charge in [-0.15, -0.1) is 10.2 Å². The molecular formula is C17H15ClN4O2. The van der Waals surface area contributed by atoms with Crippen molar-refractivity contribution in [2.45, 2.75) is 6.92 Å². The van der Waals surface area contributed by atoms with Crippen LogP contribution in [-0.4, -0.2) is 22.5 Å². The Kier molecular flexibility index (Phi) is 4.48. The fraction of sp³-hybridized carbons (Fsp3) is 0.118. The molecule has 0 unspecified atom stereocenters. The summed E-state index contributed by atoms with van der Waals surface area (Å²) < 4.78 is 0. The molecule has 6 nitrogen and oxygen atoms in total. The highest BCUT2D eigenvalue weighted by Gasteiger charge is 2.10. The first-order valence-corrected chi connectivity index (χ1v) is 7.67. The number of aromatic nitrogens is 1. The van der Waals surface area contributed by atoms with E-state index in [4.69, 9.17) is 11.6 Å². The number of rotatable bonds is 4. The zero-order valence-corrected chi connectivity index (χ0v) is 13.6. The first-order valence-electron chi connectivity index (χ1n) is 7.29. The molecule has 3 rings (SSSR count). The standard InChI is InChI=1S/C17H15ClN4O2/c1-10-12(18)6-4-8-13(10)19-9-15(23)21-22-16-11-5-2-3-7-14(11)20-17(16)24/h2-8,19-20,24H,9H2,1H3. The summed E-state index contributed by atoms with van der Waals surface area (Å²) in [7, 11) is 0. The Balaban J connectivity index is 1.71. The van der Waals surface area contributed by atoms with Crippen LogP contribution in [0.25, 0.3) is 10.9 Å². The summed E-state index contributed by atoms with van der Waals surface area (Å²) in [4.78, 5) is 14.7. The largest absolute Gasteiger partial charge is 0.493 e. The maximum absolute atomic E-state index is 11.9. The van der Waals surface area contributed by atoms with Crippen molar-refractivity contribution < 1.29 is 9.90 Å². The van der Waals surface area contributed by atoms with Crippen LogP contribution in [0.3, 0.4) is 0 Å². The van der Waals surface area contributed by atoms with E-state index in [1.54, 1.807) is 24.3 Å². The monoisotopic (exact) mass is 342 g/mol. The van der Waals surface area contributed by atoms with Gasteiger partial charge in [0.15, 0.2) is 5.69 Å². The number of hydrogen-bond acceptors (Lipinski definition) is 4. The van der Waals surface area contributed by atoms with Gasteiger partial charge in [-0.3, -0.25) is 4.79 Å². The minimum atomic E-state index is -0.459. The number of benzene rings is 2. The van der Waals surface area contributed by atoms with Gasteiger partial charge in [-0.1, -0.05) is 35.9 Å². The van der Waals surface area contributed by atoms with Crippen molar-refractivity contribution in [3.8, 4) is 5.88 Å². The lowest BCUT2D eigenvalue weighted by molar-refractivity contribution is -0.116. The summed E-state index contributed by atoms with van der Waals surface area (Å²) in [6.07, 6.45) is 0. The SMILES string of the molecule is Cc1c(Cl)cccc1NCC(=O)N=Nc1c(O)[nH]c2ccccc12. The molecule has 3 N–H and O–H groups in total. The maximum atomic E-state index is 11.9. The highest BCUT2D eigenvalue weighted by Crippen LogP contribution is 2.35. The number of anilines is 1. The van der Waals surface area contributed by atoms with Crippen molar-refractivity contribution in [1.29, 1.82) is 0 Å². The fourth-order valence-corrected chi connectivity index (χ4v) is 2.50. The smallest absolute Gasteiger partial charge is 0.283 e. The number of para-hydroxylation sites is 1. The topological polar surface area (TPSA) is 89.8 Å². The van der Waals surface area contributed by atoms with Crippen molar-refractivity contribution in [1.82, 2.24) is 4.98 Å². The molecule has 0 radical (unpaired) electrons. The van der Waals surface area contributed by atoms with E-state index in [0.29, 0.717) is 10.4 Å². The number of halogens is 1. The van der Waals surface area contributed by atoms with Crippen molar-refractivity contribution in [3.05, 3.63) is 53.1 Å². The highest BCUT2D eigenvalue weighted by atomic mass is 35.5. The van der Waals surface area contributed by atoms with Crippen molar-refractivity contribution in [2.75, 3.05) is 11.9 Å². The molecular weight excluding hydrogens is 328 g/mol. The summed E-state index contributed by atoms with van der Waals surface area (Å²) in [5, 5.41) is 21.7. The van der Waals surface area contributed by atoms with Gasteiger partial charge in [-0.2, -0.15) is 0 Å². The normalized spacial score (nSPS) is 11.2. The summed E-state index contributed by atoms with van der Waals surface area (Å²) in [5.41, 5.74) is 2.60. The van der Waals surface area contributed by atoms with Gasteiger partial charge in [0.05, 0.1) is 12.1 Å². The summed E-state index contributed by atoms with van der Waals surface area (Å²) >= 11 is 6.03. The second-order valence-corrected chi connectivity index (χ2v) is 5.63. The van der Waals surface area contributed by atoms with Gasteiger partial charge in [-0.05, 0) is 30.7 Å². The van der Waals surface area contributed by atoms with E-state index in [9.17, 15) is 9.90 Å². The molecule has 1 heterocycles. The number of carbonyl (C=O) groups is 1. The van der Waals surface area contributed by atoms with Crippen LogP contribution >= 0.6 is 11.6 Å². The van der Waals surface area contributed by atoms with E-state index in [-0.39, 0.29) is 18.1 Å². The third-order valence-electron chi connectivity index (χ3n) is 3.62. The zero-order chi connectivity index (χ0) is 17.1. The summed E-state index contributed by atoms with van der Waals surface area (Å²) in [6.45, 7) is 1.84. The van der Waals surface area contributed by atoms with Gasteiger partial charge < -0.3 is 15.4 Å². The van der Waals surface area contributed by atoms with E-state index < -0.39 is 5.91 Å². The zero-order valence-electron chi connectivity index (χ0n) is 12.9. The van der Waals surface area contributed by atoms with Gasteiger partial charge in [0.25, 0.3) is 5.91 Å². The van der Waals surface area contributed by atoms with Gasteiger partial charge >= 0.3 is 0 Å². The predicted octanol–water partition coefficient (Wildman–Crippen LogP) is 4.56. The molecule has 0 aliphatic heterocycles. The predicted molar refractivity (Wildman–Crippen MR) is 94.2 cm³/mol. The number of carbonyl (C=O) groups excluding carboxylic acids is 1. The molecule has 1 amide bonds. The van der Waals surface area contributed by atoms with E-state index in [1.165, 1.54) is 0 Å². The number of amides is 1. The molecule has 0 saturated heterocycles. The first kappa shape index (κ1) is 16.0. The van der Waals surface area contributed by atoms with Crippen molar-refractivity contribution >= 4 is 39.8 Å². The van der Waals surface area contributed by atoms with Crippen LogP contribution in [0.1, 0.15) is 5.56 Å². The number of aromatic amines is 1. The molecule has 1 aromatic heterocycles. The Morgan fingerprint density at radius 3 is 2.88 bits per heavy atom. The Labute approximate surface area is 143 Å². The molecule has 24 heavy (non-hydrogen) atoms.